The number of methoxy groups -OCH3 is 1. The van der Waals surface area contributed by atoms with Gasteiger partial charge in [-0.3, -0.25) is 13.9 Å². The number of amides is 2. The van der Waals surface area contributed by atoms with Gasteiger partial charge in [0.25, 0.3) is 10.0 Å². The summed E-state index contributed by atoms with van der Waals surface area (Å²) in [7, 11) is -1.17. The van der Waals surface area contributed by atoms with Gasteiger partial charge < -0.3 is 15.0 Å². The molecule has 0 aliphatic carbocycles. The lowest BCUT2D eigenvalue weighted by atomic mass is 10.1. The van der Waals surface area contributed by atoms with Crippen LogP contribution in [-0.4, -0.2) is 51.9 Å². The molecule has 202 valence electrons. The Kier molecular flexibility index (Phi) is 10.0. The molecule has 0 bridgehead atoms. The minimum absolute atomic E-state index is 0.0102. The molecule has 8 nitrogen and oxygen atoms in total. The van der Waals surface area contributed by atoms with E-state index in [1.54, 1.807) is 56.5 Å². The van der Waals surface area contributed by atoms with Gasteiger partial charge in [0.2, 0.25) is 11.8 Å². The molecule has 1 atom stereocenters. The van der Waals surface area contributed by atoms with Gasteiger partial charge in [-0.25, -0.2) is 8.42 Å². The van der Waals surface area contributed by atoms with E-state index in [2.05, 4.69) is 5.32 Å². The molecule has 0 fully saturated rings. The van der Waals surface area contributed by atoms with Gasteiger partial charge in [-0.05, 0) is 54.4 Å². The van der Waals surface area contributed by atoms with Gasteiger partial charge in [0.05, 0.1) is 17.7 Å². The predicted octanol–water partition coefficient (Wildman–Crippen LogP) is 4.75. The largest absolute Gasteiger partial charge is 0.497 e. The van der Waals surface area contributed by atoms with E-state index in [0.29, 0.717) is 12.2 Å². The Morgan fingerprint density at radius 2 is 1.58 bits per heavy atom. The first-order valence-corrected chi connectivity index (χ1v) is 14.0. The summed E-state index contributed by atoms with van der Waals surface area (Å²) in [5, 5.41) is 3.01. The monoisotopic (exact) mass is 577 g/mol. The van der Waals surface area contributed by atoms with Crippen molar-refractivity contribution in [3.8, 4) is 5.75 Å². The van der Waals surface area contributed by atoms with Gasteiger partial charge in [0.15, 0.2) is 0 Å². The maximum absolute atomic E-state index is 13.9. The predicted molar refractivity (Wildman–Crippen MR) is 149 cm³/mol. The van der Waals surface area contributed by atoms with Crippen LogP contribution in [0, 0.1) is 0 Å². The molecular weight excluding hydrogens is 549 g/mol. The third-order valence-electron chi connectivity index (χ3n) is 5.89. The van der Waals surface area contributed by atoms with Gasteiger partial charge in [-0.1, -0.05) is 60.5 Å². The molecule has 3 aromatic rings. The number of hydrogen-bond acceptors (Lipinski definition) is 5. The van der Waals surface area contributed by atoms with E-state index in [1.165, 1.54) is 42.3 Å². The van der Waals surface area contributed by atoms with Crippen molar-refractivity contribution in [3.63, 3.8) is 0 Å². The molecule has 0 aliphatic rings. The molecule has 3 rings (SSSR count). The molecule has 0 unspecified atom stereocenters. The average molecular weight is 579 g/mol. The van der Waals surface area contributed by atoms with Crippen LogP contribution in [0.25, 0.3) is 0 Å². The first-order chi connectivity index (χ1) is 18.1. The van der Waals surface area contributed by atoms with Crippen LogP contribution in [0.5, 0.6) is 5.75 Å². The van der Waals surface area contributed by atoms with Gasteiger partial charge in [0, 0.05) is 23.6 Å². The van der Waals surface area contributed by atoms with Crippen LogP contribution >= 0.6 is 23.2 Å². The summed E-state index contributed by atoms with van der Waals surface area (Å²) in [5.41, 5.74) is 0.863. The molecule has 0 spiro atoms. The smallest absolute Gasteiger partial charge is 0.264 e. The highest BCUT2D eigenvalue weighted by Crippen LogP contribution is 2.30. The fourth-order valence-corrected chi connectivity index (χ4v) is 5.88. The molecule has 0 heterocycles. The second kappa shape index (κ2) is 13.0. The van der Waals surface area contributed by atoms with Crippen LogP contribution in [0.3, 0.4) is 0 Å². The molecule has 0 saturated carbocycles. The summed E-state index contributed by atoms with van der Waals surface area (Å²) in [6.45, 7) is 1.27. The van der Waals surface area contributed by atoms with Crippen LogP contribution in [0.2, 0.25) is 10.0 Å². The zero-order chi connectivity index (χ0) is 27.9. The number of carbonyl (C=O) groups excluding carboxylic acids is 2. The van der Waals surface area contributed by atoms with Crippen molar-refractivity contribution in [3.05, 3.63) is 88.4 Å². The highest BCUT2D eigenvalue weighted by molar-refractivity contribution is 7.92. The molecule has 11 heteroatoms. The summed E-state index contributed by atoms with van der Waals surface area (Å²) in [4.78, 5) is 28.0. The quantitative estimate of drug-likeness (QED) is 0.354. The number of likely N-dealkylation sites (N-methyl/N-ethyl adjacent to an activating group) is 1. The number of benzene rings is 3. The molecule has 0 aromatic heterocycles. The van der Waals surface area contributed by atoms with E-state index >= 15 is 0 Å². The van der Waals surface area contributed by atoms with Crippen molar-refractivity contribution < 1.29 is 22.7 Å². The zero-order valence-corrected chi connectivity index (χ0v) is 23.6. The molecular formula is C27H29Cl2N3O5S. The Morgan fingerprint density at radius 1 is 0.974 bits per heavy atom. The van der Waals surface area contributed by atoms with Crippen LogP contribution in [0.4, 0.5) is 5.69 Å². The fourth-order valence-electron chi connectivity index (χ4n) is 3.95. The van der Waals surface area contributed by atoms with E-state index in [4.69, 9.17) is 27.9 Å². The van der Waals surface area contributed by atoms with Crippen LogP contribution in [-0.2, 0) is 26.2 Å². The van der Waals surface area contributed by atoms with E-state index in [0.717, 1.165) is 9.87 Å². The molecule has 1 N–H and O–H groups in total. The van der Waals surface area contributed by atoms with Crippen molar-refractivity contribution in [1.29, 1.82) is 0 Å². The number of hydrogen-bond donors (Lipinski definition) is 1. The number of halogens is 2. The third kappa shape index (κ3) is 6.98. The molecule has 2 amide bonds. The van der Waals surface area contributed by atoms with Crippen molar-refractivity contribution in [2.24, 2.45) is 0 Å². The summed E-state index contributed by atoms with van der Waals surface area (Å²) < 4.78 is 33.7. The van der Waals surface area contributed by atoms with Crippen molar-refractivity contribution in [1.82, 2.24) is 10.2 Å². The Hall–Kier alpha value is -3.27. The molecule has 0 radical (unpaired) electrons. The number of nitrogens with zero attached hydrogens (tertiary/aromatic N) is 2. The van der Waals surface area contributed by atoms with Crippen molar-refractivity contribution >= 4 is 50.7 Å². The lowest BCUT2D eigenvalue weighted by molar-refractivity contribution is -0.140. The van der Waals surface area contributed by atoms with Gasteiger partial charge in [0.1, 0.15) is 18.3 Å². The van der Waals surface area contributed by atoms with Crippen molar-refractivity contribution in [2.45, 2.75) is 30.8 Å². The summed E-state index contributed by atoms with van der Waals surface area (Å²) in [6.07, 6.45) is 0.315. The highest BCUT2D eigenvalue weighted by Gasteiger charge is 2.33. The molecule has 38 heavy (non-hydrogen) atoms. The van der Waals surface area contributed by atoms with Gasteiger partial charge >= 0.3 is 0 Å². The van der Waals surface area contributed by atoms with Crippen LogP contribution in [0.1, 0.15) is 18.9 Å². The average Bonchev–Trinajstić information content (AvgIpc) is 2.91. The minimum atomic E-state index is -4.20. The standard InChI is InChI=1S/C27H29Cl2N3O5S/c1-4-25(27(34)30-2)31(17-19-10-12-23(37-3)13-11-19)26(33)18-32(22-15-20(28)14-21(29)16-22)38(35,36)24-8-6-5-7-9-24/h5-16,25H,4,17-18H2,1-3H3,(H,30,34)/t25-/m0/s1. The van der Waals surface area contributed by atoms with Gasteiger partial charge in [-0.15, -0.1) is 0 Å². The topological polar surface area (TPSA) is 96.0 Å². The van der Waals surface area contributed by atoms with E-state index in [-0.39, 0.29) is 33.1 Å². The maximum atomic E-state index is 13.9. The maximum Gasteiger partial charge on any atom is 0.264 e. The fraction of sp³-hybridized carbons (Fsp3) is 0.259. The Labute approximate surface area is 233 Å². The number of rotatable bonds is 11. The first kappa shape index (κ1) is 29.3. The summed E-state index contributed by atoms with van der Waals surface area (Å²) in [6, 6.07) is 18.3. The molecule has 0 saturated heterocycles. The van der Waals surface area contributed by atoms with Gasteiger partial charge in [-0.2, -0.15) is 0 Å². The molecule has 3 aromatic carbocycles. The second-order valence-electron chi connectivity index (χ2n) is 8.36. The number of anilines is 1. The molecule has 0 aliphatic heterocycles. The van der Waals surface area contributed by atoms with E-state index in [1.807, 2.05) is 0 Å². The van der Waals surface area contributed by atoms with Crippen molar-refractivity contribution in [2.75, 3.05) is 25.0 Å². The van der Waals surface area contributed by atoms with Crippen LogP contribution < -0.4 is 14.4 Å². The Balaban J connectivity index is 2.07. The van der Waals surface area contributed by atoms with E-state index in [9.17, 15) is 18.0 Å². The zero-order valence-electron chi connectivity index (χ0n) is 21.2. The minimum Gasteiger partial charge on any atom is -0.497 e. The van der Waals surface area contributed by atoms with Crippen LogP contribution in [0.15, 0.2) is 77.7 Å². The number of carbonyl (C=O) groups is 2. The first-order valence-electron chi connectivity index (χ1n) is 11.8. The summed E-state index contributed by atoms with van der Waals surface area (Å²) in [5.74, 6) is -0.299. The number of sulfonamides is 1. The Morgan fingerprint density at radius 3 is 2.11 bits per heavy atom. The van der Waals surface area contributed by atoms with E-state index < -0.39 is 28.5 Å². The highest BCUT2D eigenvalue weighted by atomic mass is 35.5. The normalized spacial score (nSPS) is 11.9. The SMILES string of the molecule is CC[C@@H](C(=O)NC)N(Cc1ccc(OC)cc1)C(=O)CN(c1cc(Cl)cc(Cl)c1)S(=O)(=O)c1ccccc1. The summed E-state index contributed by atoms with van der Waals surface area (Å²) >= 11 is 12.4. The number of ether oxygens (including phenoxy) is 1. The number of nitrogens with one attached hydrogen (secondary N) is 1. The lowest BCUT2D eigenvalue weighted by Crippen LogP contribution is -2.51. The second-order valence-corrected chi connectivity index (χ2v) is 11.1. The third-order valence-corrected chi connectivity index (χ3v) is 8.11. The lowest BCUT2D eigenvalue weighted by Gasteiger charge is -2.33. The Bertz CT molecular complexity index is 1350.